The molecule has 2 aromatic rings. The number of fused-ring (bicyclic) bond motifs is 1. The Morgan fingerprint density at radius 1 is 1.17 bits per heavy atom. The smallest absolute Gasteiger partial charge is 0.0845 e. The van der Waals surface area contributed by atoms with Crippen LogP contribution in [-0.4, -0.2) is 39.8 Å². The molecule has 1 aliphatic heterocycles. The number of benzene rings is 1. The standard InChI is InChI=1S/C20H30N2O/c1-14-8-9-20-19(11-14)16(3)17(4)22(20)13-18(23)12-21-10-6-5-7-15(21)2/h8-9,11,15,18,23H,5-7,10,12-13H2,1-4H3/t15-,18+/m0/s1. The van der Waals surface area contributed by atoms with Crippen LogP contribution in [0.5, 0.6) is 0 Å². The van der Waals surface area contributed by atoms with Crippen molar-refractivity contribution < 1.29 is 5.11 Å². The molecule has 23 heavy (non-hydrogen) atoms. The van der Waals surface area contributed by atoms with E-state index in [4.69, 9.17) is 0 Å². The molecule has 0 spiro atoms. The number of aliphatic hydroxyl groups is 1. The summed E-state index contributed by atoms with van der Waals surface area (Å²) in [5.74, 6) is 0. The average molecular weight is 314 g/mol. The molecule has 3 heteroatoms. The van der Waals surface area contributed by atoms with Gasteiger partial charge in [-0.1, -0.05) is 18.1 Å². The maximum absolute atomic E-state index is 10.7. The van der Waals surface area contributed by atoms with E-state index in [0.717, 1.165) is 13.1 Å². The van der Waals surface area contributed by atoms with E-state index in [1.165, 1.54) is 47.0 Å². The highest BCUT2D eigenvalue weighted by Crippen LogP contribution is 2.26. The van der Waals surface area contributed by atoms with Gasteiger partial charge in [-0.05, 0) is 64.8 Å². The molecule has 0 radical (unpaired) electrons. The first-order valence-electron chi connectivity index (χ1n) is 8.95. The molecule has 0 saturated carbocycles. The minimum Gasteiger partial charge on any atom is -0.390 e. The molecule has 1 saturated heterocycles. The first-order chi connectivity index (χ1) is 11.0. The zero-order chi connectivity index (χ0) is 16.6. The van der Waals surface area contributed by atoms with E-state index >= 15 is 0 Å². The molecule has 0 amide bonds. The molecule has 1 aromatic carbocycles. The summed E-state index contributed by atoms with van der Waals surface area (Å²) in [5.41, 5.74) is 5.15. The summed E-state index contributed by atoms with van der Waals surface area (Å²) in [6, 6.07) is 7.22. The molecule has 3 nitrogen and oxygen atoms in total. The fourth-order valence-corrected chi connectivity index (χ4v) is 3.97. The number of aliphatic hydroxyl groups excluding tert-OH is 1. The van der Waals surface area contributed by atoms with E-state index in [-0.39, 0.29) is 6.10 Å². The summed E-state index contributed by atoms with van der Waals surface area (Å²) >= 11 is 0. The second-order valence-electron chi connectivity index (χ2n) is 7.34. The molecule has 1 fully saturated rings. The quantitative estimate of drug-likeness (QED) is 0.930. The van der Waals surface area contributed by atoms with E-state index in [9.17, 15) is 5.11 Å². The summed E-state index contributed by atoms with van der Waals surface area (Å²) in [7, 11) is 0. The Labute approximate surface area is 139 Å². The van der Waals surface area contributed by atoms with Gasteiger partial charge in [0.15, 0.2) is 0 Å². The monoisotopic (exact) mass is 314 g/mol. The summed E-state index contributed by atoms with van der Waals surface area (Å²) in [6.07, 6.45) is 3.54. The number of hydrogen-bond donors (Lipinski definition) is 1. The maximum Gasteiger partial charge on any atom is 0.0845 e. The Morgan fingerprint density at radius 2 is 1.96 bits per heavy atom. The van der Waals surface area contributed by atoms with Crippen LogP contribution < -0.4 is 0 Å². The molecule has 0 unspecified atom stereocenters. The van der Waals surface area contributed by atoms with Gasteiger partial charge in [-0.2, -0.15) is 0 Å². The Balaban J connectivity index is 1.79. The number of likely N-dealkylation sites (tertiary alicyclic amines) is 1. The van der Waals surface area contributed by atoms with Gasteiger partial charge in [-0.3, -0.25) is 4.90 Å². The highest BCUT2D eigenvalue weighted by atomic mass is 16.3. The lowest BCUT2D eigenvalue weighted by Crippen LogP contribution is -2.43. The van der Waals surface area contributed by atoms with E-state index in [2.05, 4.69) is 55.4 Å². The van der Waals surface area contributed by atoms with Crippen molar-refractivity contribution in [2.75, 3.05) is 13.1 Å². The molecule has 2 atom stereocenters. The summed E-state index contributed by atoms with van der Waals surface area (Å²) in [6.45, 7) is 11.4. The van der Waals surface area contributed by atoms with Gasteiger partial charge in [-0.25, -0.2) is 0 Å². The second kappa shape index (κ2) is 6.66. The van der Waals surface area contributed by atoms with Crippen LogP contribution in [0.3, 0.4) is 0 Å². The molecule has 1 aromatic heterocycles. The molecule has 1 aliphatic rings. The Hall–Kier alpha value is -1.32. The van der Waals surface area contributed by atoms with Gasteiger partial charge in [0.25, 0.3) is 0 Å². The first-order valence-corrected chi connectivity index (χ1v) is 8.95. The Morgan fingerprint density at radius 3 is 2.70 bits per heavy atom. The predicted octanol–water partition coefficient (Wildman–Crippen LogP) is 3.80. The number of hydrogen-bond acceptors (Lipinski definition) is 2. The molecule has 126 valence electrons. The molecule has 2 heterocycles. The number of aryl methyl sites for hydroxylation is 2. The van der Waals surface area contributed by atoms with Gasteiger partial charge in [0.1, 0.15) is 0 Å². The molecule has 3 rings (SSSR count). The molecule has 0 aliphatic carbocycles. The first kappa shape index (κ1) is 16.5. The molecular weight excluding hydrogens is 284 g/mol. The number of aromatic nitrogens is 1. The topological polar surface area (TPSA) is 28.4 Å². The average Bonchev–Trinajstić information content (AvgIpc) is 2.74. The van der Waals surface area contributed by atoms with Crippen molar-refractivity contribution in [3.63, 3.8) is 0 Å². The maximum atomic E-state index is 10.7. The van der Waals surface area contributed by atoms with Crippen molar-refractivity contribution in [3.8, 4) is 0 Å². The number of nitrogens with zero attached hydrogens (tertiary/aromatic N) is 2. The normalized spacial score (nSPS) is 21.0. The lowest BCUT2D eigenvalue weighted by atomic mass is 10.0. The van der Waals surface area contributed by atoms with Crippen LogP contribution in [0, 0.1) is 20.8 Å². The third-order valence-corrected chi connectivity index (χ3v) is 5.57. The molecule has 0 bridgehead atoms. The summed E-state index contributed by atoms with van der Waals surface area (Å²) in [5, 5.41) is 12.0. The predicted molar refractivity (Wildman–Crippen MR) is 97.0 cm³/mol. The van der Waals surface area contributed by atoms with Crippen molar-refractivity contribution in [2.24, 2.45) is 0 Å². The molecular formula is C20H30N2O. The largest absolute Gasteiger partial charge is 0.390 e. The van der Waals surface area contributed by atoms with Crippen LogP contribution in [0.4, 0.5) is 0 Å². The van der Waals surface area contributed by atoms with Gasteiger partial charge in [0.2, 0.25) is 0 Å². The van der Waals surface area contributed by atoms with Crippen molar-refractivity contribution >= 4 is 10.9 Å². The Bertz CT molecular complexity index is 688. The van der Waals surface area contributed by atoms with E-state index in [1.54, 1.807) is 0 Å². The van der Waals surface area contributed by atoms with Gasteiger partial charge in [-0.15, -0.1) is 0 Å². The van der Waals surface area contributed by atoms with Crippen molar-refractivity contribution in [1.29, 1.82) is 0 Å². The van der Waals surface area contributed by atoms with Gasteiger partial charge >= 0.3 is 0 Å². The Kier molecular flexibility index (Phi) is 4.79. The minimum atomic E-state index is -0.314. The van der Waals surface area contributed by atoms with Crippen molar-refractivity contribution in [3.05, 3.63) is 35.0 Å². The SMILES string of the molecule is Cc1ccc2c(c1)c(C)c(C)n2C[C@H](O)CN1CCCC[C@@H]1C. The number of β-amino-alcohol motifs (C(OH)–C–C–N with tert-alkyl or cyclic N) is 1. The van der Waals surface area contributed by atoms with E-state index < -0.39 is 0 Å². The lowest BCUT2D eigenvalue weighted by molar-refractivity contribution is 0.0641. The van der Waals surface area contributed by atoms with Gasteiger partial charge in [0.05, 0.1) is 12.6 Å². The number of rotatable bonds is 4. The number of piperidine rings is 1. The second-order valence-corrected chi connectivity index (χ2v) is 7.34. The third kappa shape index (κ3) is 3.31. The van der Waals surface area contributed by atoms with Crippen LogP contribution in [0.1, 0.15) is 43.0 Å². The van der Waals surface area contributed by atoms with Crippen LogP contribution in [-0.2, 0) is 6.54 Å². The minimum absolute atomic E-state index is 0.314. The zero-order valence-corrected chi connectivity index (χ0v) is 15.0. The van der Waals surface area contributed by atoms with Crippen LogP contribution >= 0.6 is 0 Å². The van der Waals surface area contributed by atoms with Crippen LogP contribution in [0.25, 0.3) is 10.9 Å². The highest BCUT2D eigenvalue weighted by molar-refractivity contribution is 5.85. The highest BCUT2D eigenvalue weighted by Gasteiger charge is 2.22. The lowest BCUT2D eigenvalue weighted by Gasteiger charge is -2.34. The van der Waals surface area contributed by atoms with Crippen LogP contribution in [0.2, 0.25) is 0 Å². The van der Waals surface area contributed by atoms with Crippen LogP contribution in [0.15, 0.2) is 18.2 Å². The molecule has 1 N–H and O–H groups in total. The fourth-order valence-electron chi connectivity index (χ4n) is 3.97. The summed E-state index contributed by atoms with van der Waals surface area (Å²) < 4.78 is 2.30. The van der Waals surface area contributed by atoms with Crippen molar-refractivity contribution in [2.45, 2.75) is 65.6 Å². The summed E-state index contributed by atoms with van der Waals surface area (Å²) in [4.78, 5) is 2.45. The van der Waals surface area contributed by atoms with Crippen molar-refractivity contribution in [1.82, 2.24) is 9.47 Å². The van der Waals surface area contributed by atoms with E-state index in [1.807, 2.05) is 0 Å². The van der Waals surface area contributed by atoms with E-state index in [0.29, 0.717) is 12.6 Å². The fraction of sp³-hybridized carbons (Fsp3) is 0.600. The van der Waals surface area contributed by atoms with Gasteiger partial charge in [0, 0.05) is 29.2 Å². The zero-order valence-electron chi connectivity index (χ0n) is 15.0. The third-order valence-electron chi connectivity index (χ3n) is 5.57. The van der Waals surface area contributed by atoms with Gasteiger partial charge < -0.3 is 9.67 Å².